The summed E-state index contributed by atoms with van der Waals surface area (Å²) in [5, 5.41) is 16.1. The summed E-state index contributed by atoms with van der Waals surface area (Å²) in [4.78, 5) is 2.68. The van der Waals surface area contributed by atoms with E-state index in [4.69, 9.17) is 11.6 Å². The Labute approximate surface area is 183 Å². The highest BCUT2D eigenvalue weighted by Crippen LogP contribution is 2.41. The van der Waals surface area contributed by atoms with Crippen LogP contribution in [0.4, 0.5) is 0 Å². The number of nitrogens with one attached hydrogen (secondary N) is 1. The molecule has 1 aliphatic carbocycles. The molecule has 1 saturated heterocycles. The van der Waals surface area contributed by atoms with Crippen LogP contribution in [0.2, 0.25) is 5.02 Å². The first kappa shape index (κ1) is 23.1. The van der Waals surface area contributed by atoms with Crippen LogP contribution < -0.4 is 5.32 Å². The molecule has 0 unspecified atom stereocenters. The lowest BCUT2D eigenvalue weighted by molar-refractivity contribution is -0.0674. The molecule has 2 aliphatic rings. The van der Waals surface area contributed by atoms with E-state index in [1.165, 1.54) is 44.9 Å². The molecule has 0 amide bonds. The van der Waals surface area contributed by atoms with Crippen LogP contribution >= 0.6 is 11.6 Å². The number of nitrogens with zero attached hydrogens (tertiary/aromatic N) is 1. The Morgan fingerprint density at radius 3 is 2.69 bits per heavy atom. The summed E-state index contributed by atoms with van der Waals surface area (Å²) in [5.74, 6) is 1.14. The van der Waals surface area contributed by atoms with E-state index in [1.54, 1.807) is 0 Å². The summed E-state index contributed by atoms with van der Waals surface area (Å²) in [6.45, 7) is 5.37. The third kappa shape index (κ3) is 5.97. The summed E-state index contributed by atoms with van der Waals surface area (Å²) in [6, 6.07) is 8.50. The van der Waals surface area contributed by atoms with E-state index < -0.39 is 5.60 Å². The molecule has 1 heterocycles. The minimum absolute atomic E-state index is 0.264. The van der Waals surface area contributed by atoms with E-state index in [1.807, 2.05) is 18.2 Å². The second kappa shape index (κ2) is 11.1. The molecule has 164 valence electrons. The molecular weight excluding hydrogens is 380 g/mol. The molecule has 1 aliphatic heterocycles. The first-order valence-electron chi connectivity index (χ1n) is 11.9. The molecule has 1 aromatic carbocycles. The number of likely N-dealkylation sites (N-methyl/N-ethyl adjacent to an activating group) is 1. The Balaban J connectivity index is 1.75. The monoisotopic (exact) mass is 420 g/mol. The van der Waals surface area contributed by atoms with E-state index in [2.05, 4.69) is 30.3 Å². The quantitative estimate of drug-likeness (QED) is 0.545. The van der Waals surface area contributed by atoms with Gasteiger partial charge in [-0.25, -0.2) is 0 Å². The van der Waals surface area contributed by atoms with Crippen LogP contribution in [0.15, 0.2) is 24.3 Å². The van der Waals surface area contributed by atoms with Crippen LogP contribution in [0.3, 0.4) is 0 Å². The Hall–Kier alpha value is -0.610. The summed E-state index contributed by atoms with van der Waals surface area (Å²) < 4.78 is 0. The first-order chi connectivity index (χ1) is 14.1. The molecule has 4 heteroatoms. The van der Waals surface area contributed by atoms with Crippen molar-refractivity contribution in [2.75, 3.05) is 26.7 Å². The molecule has 0 radical (unpaired) electrons. The van der Waals surface area contributed by atoms with Crippen molar-refractivity contribution in [1.29, 1.82) is 0 Å². The van der Waals surface area contributed by atoms with Gasteiger partial charge in [-0.1, -0.05) is 69.2 Å². The minimum Gasteiger partial charge on any atom is -0.385 e. The van der Waals surface area contributed by atoms with Crippen molar-refractivity contribution in [1.82, 2.24) is 10.2 Å². The average molecular weight is 421 g/mol. The molecule has 2 N–H and O–H groups in total. The number of hydrogen-bond acceptors (Lipinski definition) is 3. The molecule has 0 aromatic heterocycles. The van der Waals surface area contributed by atoms with E-state index in [9.17, 15) is 5.11 Å². The largest absolute Gasteiger partial charge is 0.385 e. The minimum atomic E-state index is -0.784. The third-order valence-electron chi connectivity index (χ3n) is 7.37. The molecule has 3 atom stereocenters. The van der Waals surface area contributed by atoms with Gasteiger partial charge in [-0.05, 0) is 62.9 Å². The van der Waals surface area contributed by atoms with Gasteiger partial charge in [0.2, 0.25) is 0 Å². The van der Waals surface area contributed by atoms with Crippen LogP contribution in [0.5, 0.6) is 0 Å². The van der Waals surface area contributed by atoms with Gasteiger partial charge in [-0.15, -0.1) is 0 Å². The van der Waals surface area contributed by atoms with Crippen LogP contribution in [-0.2, 0) is 5.60 Å². The number of likely N-dealkylation sites (tertiary alicyclic amines) is 1. The fourth-order valence-electron chi connectivity index (χ4n) is 5.86. The number of halogens is 1. The summed E-state index contributed by atoms with van der Waals surface area (Å²) in [6.07, 6.45) is 12.4. The smallest absolute Gasteiger partial charge is 0.0937 e. The predicted octanol–water partition coefficient (Wildman–Crippen LogP) is 5.60. The predicted molar refractivity (Wildman–Crippen MR) is 123 cm³/mol. The molecule has 0 spiro atoms. The van der Waals surface area contributed by atoms with Gasteiger partial charge in [-0.3, -0.25) is 4.90 Å². The Bertz CT molecular complexity index is 619. The fraction of sp³-hybridized carbons (Fsp3) is 0.760. The van der Waals surface area contributed by atoms with Crippen molar-refractivity contribution >= 4 is 11.6 Å². The lowest BCUT2D eigenvalue weighted by atomic mass is 9.74. The third-order valence-corrected chi connectivity index (χ3v) is 7.61. The Morgan fingerprint density at radius 2 is 2.00 bits per heavy atom. The maximum absolute atomic E-state index is 11.9. The zero-order valence-electron chi connectivity index (χ0n) is 18.5. The van der Waals surface area contributed by atoms with Gasteiger partial charge >= 0.3 is 0 Å². The molecule has 29 heavy (non-hydrogen) atoms. The lowest BCUT2D eigenvalue weighted by Gasteiger charge is -2.46. The van der Waals surface area contributed by atoms with Crippen LogP contribution in [0, 0.1) is 11.8 Å². The topological polar surface area (TPSA) is 35.5 Å². The number of rotatable bonds is 9. The summed E-state index contributed by atoms with van der Waals surface area (Å²) in [7, 11) is 2.08. The van der Waals surface area contributed by atoms with Gasteiger partial charge in [0.15, 0.2) is 0 Å². The van der Waals surface area contributed by atoms with E-state index in [0.717, 1.165) is 55.4 Å². The van der Waals surface area contributed by atoms with Gasteiger partial charge in [0.05, 0.1) is 5.60 Å². The number of benzene rings is 1. The van der Waals surface area contributed by atoms with Gasteiger partial charge in [0.25, 0.3) is 0 Å². The van der Waals surface area contributed by atoms with Crippen LogP contribution in [0.1, 0.15) is 76.7 Å². The molecule has 1 saturated carbocycles. The second-order valence-electron chi connectivity index (χ2n) is 9.47. The second-order valence-corrected chi connectivity index (χ2v) is 9.91. The van der Waals surface area contributed by atoms with Gasteiger partial charge < -0.3 is 10.4 Å². The highest BCUT2D eigenvalue weighted by atomic mass is 35.5. The molecule has 3 nitrogen and oxygen atoms in total. The maximum Gasteiger partial charge on any atom is 0.0937 e. The van der Waals surface area contributed by atoms with Crippen LogP contribution in [-0.4, -0.2) is 42.7 Å². The van der Waals surface area contributed by atoms with Gasteiger partial charge in [-0.2, -0.15) is 0 Å². The average Bonchev–Trinajstić information content (AvgIpc) is 2.74. The van der Waals surface area contributed by atoms with Gasteiger partial charge in [0, 0.05) is 30.1 Å². The lowest BCUT2D eigenvalue weighted by Crippen LogP contribution is -2.52. The van der Waals surface area contributed by atoms with Crippen LogP contribution in [0.25, 0.3) is 0 Å². The van der Waals surface area contributed by atoms with Gasteiger partial charge in [0.1, 0.15) is 0 Å². The van der Waals surface area contributed by atoms with E-state index >= 15 is 0 Å². The fourth-order valence-corrected chi connectivity index (χ4v) is 6.05. The first-order valence-corrected chi connectivity index (χ1v) is 12.3. The molecular formula is C25H41ClN2O. The maximum atomic E-state index is 11.9. The molecule has 0 bridgehead atoms. The molecule has 3 rings (SSSR count). The molecule has 2 fully saturated rings. The summed E-state index contributed by atoms with van der Waals surface area (Å²) >= 11 is 6.29. The van der Waals surface area contributed by atoms with E-state index in [0.29, 0.717) is 6.04 Å². The number of piperidine rings is 1. The Morgan fingerprint density at radius 1 is 1.21 bits per heavy atom. The SMILES string of the molecule is CCC[C@@](O)(c1cccc(Cl)c1)[C@@H]1CCCN([C@H](CNC)CC2CCCCC2)C1. The van der Waals surface area contributed by atoms with Crippen molar-refractivity contribution in [3.8, 4) is 0 Å². The highest BCUT2D eigenvalue weighted by Gasteiger charge is 2.41. The highest BCUT2D eigenvalue weighted by molar-refractivity contribution is 6.30. The zero-order valence-corrected chi connectivity index (χ0v) is 19.3. The zero-order chi connectivity index (χ0) is 20.7. The van der Waals surface area contributed by atoms with E-state index in [-0.39, 0.29) is 5.92 Å². The van der Waals surface area contributed by atoms with Crippen molar-refractivity contribution in [2.24, 2.45) is 11.8 Å². The van der Waals surface area contributed by atoms with Crippen molar-refractivity contribution in [2.45, 2.75) is 82.8 Å². The van der Waals surface area contributed by atoms with Crippen molar-refractivity contribution in [3.63, 3.8) is 0 Å². The standard InChI is InChI=1S/C25H41ClN2O/c1-3-14-25(29,21-11-7-13-23(26)17-21)22-12-8-15-28(19-22)24(18-27-2)16-20-9-5-4-6-10-20/h7,11,13,17,20,22,24,27,29H,3-6,8-10,12,14-16,18-19H2,1-2H3/t22-,24+,25-/m1/s1. The Kier molecular flexibility index (Phi) is 8.85. The van der Waals surface area contributed by atoms with Crippen molar-refractivity contribution < 1.29 is 5.11 Å². The number of hydrogen-bond donors (Lipinski definition) is 2. The summed E-state index contributed by atoms with van der Waals surface area (Å²) in [5.41, 5.74) is 0.212. The molecule has 1 aromatic rings. The normalized spacial score (nSPS) is 24.9. The number of aliphatic hydroxyl groups is 1. The van der Waals surface area contributed by atoms with Crippen molar-refractivity contribution in [3.05, 3.63) is 34.9 Å².